The SMILES string of the molecule is Cc1[nH]c(-c2cc(F)cc3[nH]ccc23)c(C(C)C)c1-c1cccc2c1C=C(CCS(=O)O)C2. The molecule has 0 saturated heterocycles. The number of aryl methyl sites for hydroxylation is 1. The van der Waals surface area contributed by atoms with Crippen LogP contribution in [0.3, 0.4) is 0 Å². The van der Waals surface area contributed by atoms with E-state index in [-0.39, 0.29) is 17.5 Å². The fraction of sp³-hybridized carbons (Fsp3) is 0.259. The molecule has 1 aliphatic carbocycles. The van der Waals surface area contributed by atoms with Crippen LogP contribution in [0.25, 0.3) is 39.4 Å². The number of fused-ring (bicyclic) bond motifs is 2. The van der Waals surface area contributed by atoms with Gasteiger partial charge in [-0.2, -0.15) is 0 Å². The molecule has 3 N–H and O–H groups in total. The summed E-state index contributed by atoms with van der Waals surface area (Å²) in [5.74, 6) is 0.207. The molecule has 4 aromatic rings. The number of benzene rings is 2. The molecule has 0 amide bonds. The molecule has 33 heavy (non-hydrogen) atoms. The maximum absolute atomic E-state index is 14.5. The van der Waals surface area contributed by atoms with E-state index >= 15 is 0 Å². The van der Waals surface area contributed by atoms with Crippen molar-refractivity contribution in [1.82, 2.24) is 9.97 Å². The Bertz CT molecular complexity index is 1430. The van der Waals surface area contributed by atoms with E-state index in [0.29, 0.717) is 6.42 Å². The lowest BCUT2D eigenvalue weighted by atomic mass is 9.88. The normalized spacial score (nSPS) is 14.2. The van der Waals surface area contributed by atoms with Crippen LogP contribution in [0.4, 0.5) is 4.39 Å². The average molecular weight is 463 g/mol. The van der Waals surface area contributed by atoms with E-state index < -0.39 is 11.1 Å². The Morgan fingerprint density at radius 2 is 2.00 bits per heavy atom. The quantitative estimate of drug-likeness (QED) is 0.271. The van der Waals surface area contributed by atoms with Crippen molar-refractivity contribution >= 4 is 28.1 Å². The zero-order valence-electron chi connectivity index (χ0n) is 19.0. The molecule has 0 spiro atoms. The van der Waals surface area contributed by atoms with Gasteiger partial charge in [0, 0.05) is 33.9 Å². The van der Waals surface area contributed by atoms with Crippen molar-refractivity contribution in [3.63, 3.8) is 0 Å². The van der Waals surface area contributed by atoms with Crippen LogP contribution in [0.5, 0.6) is 0 Å². The van der Waals surface area contributed by atoms with Crippen molar-refractivity contribution in [3.05, 3.63) is 76.4 Å². The van der Waals surface area contributed by atoms with Crippen LogP contribution in [0.1, 0.15) is 48.6 Å². The lowest BCUT2D eigenvalue weighted by molar-refractivity contribution is 0.563. The number of hydrogen-bond donors (Lipinski definition) is 3. The summed E-state index contributed by atoms with van der Waals surface area (Å²) in [6.07, 6.45) is 5.44. The lowest BCUT2D eigenvalue weighted by Gasteiger charge is -2.15. The van der Waals surface area contributed by atoms with Gasteiger partial charge in [0.05, 0.1) is 11.4 Å². The molecule has 1 aliphatic rings. The molecule has 2 heterocycles. The summed E-state index contributed by atoms with van der Waals surface area (Å²) in [4.78, 5) is 6.72. The Morgan fingerprint density at radius 3 is 2.76 bits per heavy atom. The van der Waals surface area contributed by atoms with E-state index in [4.69, 9.17) is 0 Å². The summed E-state index contributed by atoms with van der Waals surface area (Å²) in [6.45, 7) is 6.42. The maximum Gasteiger partial charge on any atom is 0.153 e. The molecular weight excluding hydrogens is 435 g/mol. The zero-order chi connectivity index (χ0) is 23.3. The van der Waals surface area contributed by atoms with Gasteiger partial charge in [-0.1, -0.05) is 43.7 Å². The van der Waals surface area contributed by atoms with Gasteiger partial charge in [-0.3, -0.25) is 0 Å². The van der Waals surface area contributed by atoms with Crippen molar-refractivity contribution in [2.24, 2.45) is 0 Å². The predicted octanol–water partition coefficient (Wildman–Crippen LogP) is 6.95. The molecule has 2 aromatic carbocycles. The second-order valence-corrected chi connectivity index (χ2v) is 10.1. The van der Waals surface area contributed by atoms with E-state index in [0.717, 1.165) is 45.4 Å². The Hall–Kier alpha value is -2.96. The zero-order valence-corrected chi connectivity index (χ0v) is 19.8. The Labute approximate surface area is 195 Å². The number of rotatable bonds is 6. The molecule has 2 aromatic heterocycles. The van der Waals surface area contributed by atoms with Crippen LogP contribution >= 0.6 is 0 Å². The van der Waals surface area contributed by atoms with Crippen LogP contribution in [-0.2, 0) is 17.5 Å². The molecule has 0 aliphatic heterocycles. The second kappa shape index (κ2) is 8.43. The highest BCUT2D eigenvalue weighted by Crippen LogP contribution is 2.45. The minimum Gasteiger partial charge on any atom is -0.361 e. The van der Waals surface area contributed by atoms with Crippen molar-refractivity contribution in [2.45, 2.75) is 39.5 Å². The average Bonchev–Trinajstić information content (AvgIpc) is 3.47. The van der Waals surface area contributed by atoms with Crippen LogP contribution < -0.4 is 0 Å². The van der Waals surface area contributed by atoms with Crippen LogP contribution in [-0.4, -0.2) is 24.5 Å². The topological polar surface area (TPSA) is 68.9 Å². The number of H-pyrrole nitrogens is 2. The molecule has 0 bridgehead atoms. The van der Waals surface area contributed by atoms with E-state index in [1.807, 2.05) is 12.3 Å². The number of halogens is 1. The van der Waals surface area contributed by atoms with E-state index in [2.05, 4.69) is 55.0 Å². The van der Waals surface area contributed by atoms with Gasteiger partial charge in [0.25, 0.3) is 0 Å². The smallest absolute Gasteiger partial charge is 0.153 e. The van der Waals surface area contributed by atoms with Gasteiger partial charge in [0.2, 0.25) is 0 Å². The van der Waals surface area contributed by atoms with Crippen LogP contribution in [0, 0.1) is 12.7 Å². The summed E-state index contributed by atoms with van der Waals surface area (Å²) in [7, 11) is 0. The Morgan fingerprint density at radius 1 is 1.18 bits per heavy atom. The maximum atomic E-state index is 14.5. The monoisotopic (exact) mass is 462 g/mol. The molecule has 0 saturated carbocycles. The lowest BCUT2D eigenvalue weighted by Crippen LogP contribution is -1.97. The number of hydrogen-bond acceptors (Lipinski definition) is 1. The number of allylic oxidation sites excluding steroid dienone is 1. The molecule has 4 nitrogen and oxygen atoms in total. The minimum atomic E-state index is -1.79. The van der Waals surface area contributed by atoms with Gasteiger partial charge >= 0.3 is 0 Å². The molecule has 5 rings (SSSR count). The van der Waals surface area contributed by atoms with Gasteiger partial charge in [0.15, 0.2) is 11.1 Å². The highest BCUT2D eigenvalue weighted by Gasteiger charge is 2.25. The Kier molecular flexibility index (Phi) is 5.59. The highest BCUT2D eigenvalue weighted by molar-refractivity contribution is 7.79. The fourth-order valence-electron chi connectivity index (χ4n) is 5.15. The van der Waals surface area contributed by atoms with Crippen molar-refractivity contribution < 1.29 is 13.2 Å². The van der Waals surface area contributed by atoms with Gasteiger partial charge in [-0.15, -0.1) is 0 Å². The third-order valence-corrected chi connectivity index (χ3v) is 7.09. The minimum absolute atomic E-state index is 0.217. The summed E-state index contributed by atoms with van der Waals surface area (Å²) in [5, 5.41) is 0.989. The van der Waals surface area contributed by atoms with Crippen molar-refractivity contribution in [1.29, 1.82) is 0 Å². The molecule has 0 fully saturated rings. The van der Waals surface area contributed by atoms with Crippen LogP contribution in [0.15, 0.2) is 48.2 Å². The van der Waals surface area contributed by atoms with E-state index in [9.17, 15) is 13.2 Å². The van der Waals surface area contributed by atoms with Crippen molar-refractivity contribution in [2.75, 3.05) is 5.75 Å². The summed E-state index contributed by atoms with van der Waals surface area (Å²) in [6, 6.07) is 11.5. The first-order valence-electron chi connectivity index (χ1n) is 11.2. The third kappa shape index (κ3) is 3.87. The molecular formula is C27H27FN2O2S. The fourth-order valence-corrected chi connectivity index (χ4v) is 5.59. The van der Waals surface area contributed by atoms with Gasteiger partial charge < -0.3 is 14.5 Å². The van der Waals surface area contributed by atoms with Gasteiger partial charge in [-0.25, -0.2) is 8.60 Å². The molecule has 6 heteroatoms. The molecule has 0 radical (unpaired) electrons. The highest BCUT2D eigenvalue weighted by atomic mass is 32.2. The molecule has 170 valence electrons. The van der Waals surface area contributed by atoms with Gasteiger partial charge in [0.1, 0.15) is 5.82 Å². The first-order chi connectivity index (χ1) is 15.8. The van der Waals surface area contributed by atoms with Crippen molar-refractivity contribution in [3.8, 4) is 22.4 Å². The number of aromatic nitrogens is 2. The summed E-state index contributed by atoms with van der Waals surface area (Å²) < 4.78 is 34.9. The molecule has 1 unspecified atom stereocenters. The van der Waals surface area contributed by atoms with Gasteiger partial charge in [-0.05, 0) is 66.1 Å². The largest absolute Gasteiger partial charge is 0.361 e. The first-order valence-corrected chi connectivity index (χ1v) is 12.5. The Balaban J connectivity index is 1.70. The third-order valence-electron chi connectivity index (χ3n) is 6.54. The summed E-state index contributed by atoms with van der Waals surface area (Å²) >= 11 is -1.79. The summed E-state index contributed by atoms with van der Waals surface area (Å²) in [5.41, 5.74) is 10.7. The van der Waals surface area contributed by atoms with Crippen LogP contribution in [0.2, 0.25) is 0 Å². The standard InChI is InChI=1S/C27H27FN2O2S/c1-15(2)25-26(21-6-4-5-18-11-17(12-22(18)21)8-10-33(31)32)16(3)30-27(25)23-13-19(28)14-24-20(23)7-9-29-24/h4-7,9,12-15,29-30H,8,10-11H2,1-3H3,(H,31,32). The second-order valence-electron chi connectivity index (χ2n) is 9.09. The first kappa shape index (κ1) is 21.9. The molecule has 1 atom stereocenters. The number of nitrogens with one attached hydrogen (secondary N) is 2. The predicted molar refractivity (Wildman–Crippen MR) is 134 cm³/mol. The van der Waals surface area contributed by atoms with E-state index in [1.165, 1.54) is 28.3 Å². The van der Waals surface area contributed by atoms with E-state index in [1.54, 1.807) is 6.07 Å². The number of aromatic amines is 2.